The minimum absolute atomic E-state index is 0.116. The van der Waals surface area contributed by atoms with Crippen LogP contribution in [-0.4, -0.2) is 44.1 Å². The zero-order chi connectivity index (χ0) is 15.6. The van der Waals surface area contributed by atoms with Crippen LogP contribution in [0, 0.1) is 0 Å². The van der Waals surface area contributed by atoms with Gasteiger partial charge in [0.15, 0.2) is 0 Å². The summed E-state index contributed by atoms with van der Waals surface area (Å²) in [5.41, 5.74) is 1.12. The molecule has 0 bridgehead atoms. The minimum Gasteiger partial charge on any atom is -0.382 e. The molecule has 0 aromatic carbocycles. The molecule has 0 amide bonds. The summed E-state index contributed by atoms with van der Waals surface area (Å²) in [6.07, 6.45) is 0.895. The Morgan fingerprint density at radius 3 is 2.62 bits per heavy atom. The number of hydrogen-bond donors (Lipinski definition) is 1. The third kappa shape index (κ3) is 9.92. The predicted octanol–water partition coefficient (Wildman–Crippen LogP) is 2.60. The SMILES string of the molecule is COCCOCCCOCc1csc(CNC(C)(C)C)n1. The standard InChI is InChI=1S/C15H28N2O3S/c1-15(2,3)16-10-14-17-13(12-21-14)11-20-7-5-6-19-9-8-18-4/h12,16H,5-11H2,1-4H3. The number of ether oxygens (including phenoxy) is 3. The molecular weight excluding hydrogens is 288 g/mol. The van der Waals surface area contributed by atoms with Crippen LogP contribution < -0.4 is 5.32 Å². The lowest BCUT2D eigenvalue weighted by Crippen LogP contribution is -2.35. The van der Waals surface area contributed by atoms with Gasteiger partial charge in [0.05, 0.1) is 25.5 Å². The van der Waals surface area contributed by atoms with Gasteiger partial charge in [0.1, 0.15) is 5.01 Å². The van der Waals surface area contributed by atoms with Crippen molar-refractivity contribution in [1.82, 2.24) is 10.3 Å². The van der Waals surface area contributed by atoms with Crippen LogP contribution in [0.5, 0.6) is 0 Å². The van der Waals surface area contributed by atoms with Crippen LogP contribution in [0.3, 0.4) is 0 Å². The third-order valence-corrected chi connectivity index (χ3v) is 3.53. The molecule has 0 unspecified atom stereocenters. The molecule has 0 fully saturated rings. The molecule has 122 valence electrons. The van der Waals surface area contributed by atoms with Crippen molar-refractivity contribution in [3.8, 4) is 0 Å². The van der Waals surface area contributed by atoms with Gasteiger partial charge < -0.3 is 19.5 Å². The van der Waals surface area contributed by atoms with Gasteiger partial charge in [-0.1, -0.05) is 0 Å². The van der Waals surface area contributed by atoms with Crippen LogP contribution in [0.15, 0.2) is 5.38 Å². The summed E-state index contributed by atoms with van der Waals surface area (Å²) < 4.78 is 15.9. The Balaban J connectivity index is 2.06. The third-order valence-electron chi connectivity index (χ3n) is 2.63. The Bertz CT molecular complexity index is 377. The number of methoxy groups -OCH3 is 1. The summed E-state index contributed by atoms with van der Waals surface area (Å²) >= 11 is 1.68. The number of thiazole rings is 1. The molecule has 1 aromatic rings. The van der Waals surface area contributed by atoms with Crippen molar-refractivity contribution in [3.63, 3.8) is 0 Å². The average molecular weight is 316 g/mol. The molecule has 1 heterocycles. The molecule has 0 saturated heterocycles. The Morgan fingerprint density at radius 1 is 1.14 bits per heavy atom. The summed E-state index contributed by atoms with van der Waals surface area (Å²) in [7, 11) is 1.67. The number of aromatic nitrogens is 1. The molecule has 1 N–H and O–H groups in total. The maximum absolute atomic E-state index is 5.60. The van der Waals surface area contributed by atoms with E-state index in [-0.39, 0.29) is 5.54 Å². The van der Waals surface area contributed by atoms with Gasteiger partial charge in [-0.25, -0.2) is 4.98 Å². The number of rotatable bonds is 11. The van der Waals surface area contributed by atoms with Crippen LogP contribution in [0.25, 0.3) is 0 Å². The summed E-state index contributed by atoms with van der Waals surface area (Å²) in [4.78, 5) is 4.55. The molecule has 0 saturated carbocycles. The lowest BCUT2D eigenvalue weighted by molar-refractivity contribution is 0.0479. The van der Waals surface area contributed by atoms with Crippen molar-refractivity contribution in [3.05, 3.63) is 16.1 Å². The average Bonchev–Trinajstić information content (AvgIpc) is 2.87. The largest absolute Gasteiger partial charge is 0.382 e. The van der Waals surface area contributed by atoms with Gasteiger partial charge in [-0.3, -0.25) is 0 Å². The number of hydrogen-bond acceptors (Lipinski definition) is 6. The van der Waals surface area contributed by atoms with Crippen LogP contribution in [0.1, 0.15) is 37.9 Å². The first-order valence-corrected chi connectivity index (χ1v) is 8.22. The monoisotopic (exact) mass is 316 g/mol. The fraction of sp³-hybridized carbons (Fsp3) is 0.800. The first-order valence-electron chi connectivity index (χ1n) is 7.34. The molecule has 6 heteroatoms. The molecule has 0 aliphatic rings. The highest BCUT2D eigenvalue weighted by Gasteiger charge is 2.10. The van der Waals surface area contributed by atoms with E-state index in [4.69, 9.17) is 14.2 Å². The van der Waals surface area contributed by atoms with Crippen LogP contribution >= 0.6 is 11.3 Å². The van der Waals surface area contributed by atoms with E-state index in [9.17, 15) is 0 Å². The van der Waals surface area contributed by atoms with Gasteiger partial charge in [0.2, 0.25) is 0 Å². The molecule has 0 radical (unpaired) electrons. The maximum Gasteiger partial charge on any atom is 0.107 e. The topological polar surface area (TPSA) is 52.6 Å². The second-order valence-corrected chi connectivity index (χ2v) is 6.79. The smallest absolute Gasteiger partial charge is 0.107 e. The second-order valence-electron chi connectivity index (χ2n) is 5.85. The molecule has 0 atom stereocenters. The van der Waals surface area contributed by atoms with E-state index in [0.29, 0.717) is 33.0 Å². The first-order chi connectivity index (χ1) is 10.0. The molecule has 5 nitrogen and oxygen atoms in total. The molecule has 1 rings (SSSR count). The molecule has 21 heavy (non-hydrogen) atoms. The molecule has 0 spiro atoms. The van der Waals surface area contributed by atoms with E-state index in [1.165, 1.54) is 0 Å². The van der Waals surface area contributed by atoms with E-state index in [1.807, 2.05) is 0 Å². The van der Waals surface area contributed by atoms with Crippen molar-refractivity contribution in [2.45, 2.75) is 45.9 Å². The molecule has 0 aliphatic carbocycles. The predicted molar refractivity (Wildman–Crippen MR) is 85.7 cm³/mol. The molecule has 1 aromatic heterocycles. The van der Waals surface area contributed by atoms with Crippen molar-refractivity contribution in [1.29, 1.82) is 0 Å². The van der Waals surface area contributed by atoms with Gasteiger partial charge >= 0.3 is 0 Å². The van der Waals surface area contributed by atoms with Crippen LogP contribution in [0.2, 0.25) is 0 Å². The van der Waals surface area contributed by atoms with E-state index >= 15 is 0 Å². The molecule has 0 aliphatic heterocycles. The summed E-state index contributed by atoms with van der Waals surface area (Å²) in [5, 5.41) is 6.60. The lowest BCUT2D eigenvalue weighted by atomic mass is 10.1. The summed E-state index contributed by atoms with van der Waals surface area (Å²) in [6, 6.07) is 0. The summed E-state index contributed by atoms with van der Waals surface area (Å²) in [6.45, 7) is 10.5. The van der Waals surface area contributed by atoms with Gasteiger partial charge in [0.25, 0.3) is 0 Å². The highest BCUT2D eigenvalue weighted by atomic mass is 32.1. The van der Waals surface area contributed by atoms with E-state index in [2.05, 4.69) is 36.5 Å². The zero-order valence-electron chi connectivity index (χ0n) is 13.6. The van der Waals surface area contributed by atoms with Crippen LogP contribution in [0.4, 0.5) is 0 Å². The van der Waals surface area contributed by atoms with E-state index < -0.39 is 0 Å². The zero-order valence-corrected chi connectivity index (χ0v) is 14.4. The van der Waals surface area contributed by atoms with Crippen molar-refractivity contribution in [2.75, 3.05) is 33.5 Å². The summed E-state index contributed by atoms with van der Waals surface area (Å²) in [5.74, 6) is 0. The normalized spacial score (nSPS) is 12.0. The van der Waals surface area contributed by atoms with Gasteiger partial charge in [0, 0.05) is 37.8 Å². The highest BCUT2D eigenvalue weighted by molar-refractivity contribution is 7.09. The lowest BCUT2D eigenvalue weighted by Gasteiger charge is -2.19. The second kappa shape index (κ2) is 10.2. The van der Waals surface area contributed by atoms with Gasteiger partial charge in [-0.2, -0.15) is 0 Å². The fourth-order valence-electron chi connectivity index (χ4n) is 1.52. The maximum atomic E-state index is 5.60. The quantitative estimate of drug-likeness (QED) is 0.636. The van der Waals surface area contributed by atoms with E-state index in [1.54, 1.807) is 18.4 Å². The van der Waals surface area contributed by atoms with Crippen molar-refractivity contribution in [2.24, 2.45) is 0 Å². The van der Waals surface area contributed by atoms with Crippen LogP contribution in [-0.2, 0) is 27.4 Å². The highest BCUT2D eigenvalue weighted by Crippen LogP contribution is 2.12. The number of nitrogens with zero attached hydrogens (tertiary/aromatic N) is 1. The van der Waals surface area contributed by atoms with Gasteiger partial charge in [-0.05, 0) is 27.2 Å². The van der Waals surface area contributed by atoms with Crippen molar-refractivity contribution < 1.29 is 14.2 Å². The Hall–Kier alpha value is -0.530. The Labute approximate surface area is 132 Å². The number of nitrogens with one attached hydrogen (secondary N) is 1. The molecular formula is C15H28N2O3S. The Kier molecular flexibility index (Phi) is 9.03. The minimum atomic E-state index is 0.116. The van der Waals surface area contributed by atoms with E-state index in [0.717, 1.165) is 23.7 Å². The van der Waals surface area contributed by atoms with Gasteiger partial charge in [-0.15, -0.1) is 11.3 Å². The van der Waals surface area contributed by atoms with Crippen molar-refractivity contribution >= 4 is 11.3 Å². The Morgan fingerprint density at radius 2 is 1.90 bits per heavy atom. The fourth-order valence-corrected chi connectivity index (χ4v) is 2.24. The first kappa shape index (κ1) is 18.5.